The summed E-state index contributed by atoms with van der Waals surface area (Å²) in [6.07, 6.45) is 0. The first-order valence-electron chi connectivity index (χ1n) is 0.204. The molecule has 0 saturated heterocycles. The smallest absolute Gasteiger partial charge is 0 e. The third-order valence-corrected chi connectivity index (χ3v) is 0. The van der Waals surface area contributed by atoms with Crippen molar-refractivity contribution in [3.05, 3.63) is 0 Å². The molecule has 0 aliphatic heterocycles. The zero-order chi connectivity index (χ0) is 2.00. The van der Waals surface area contributed by atoms with E-state index in [4.69, 9.17) is 3.08 Å². The Morgan fingerprint density at radius 1 is 1.25 bits per heavy atom. The topological polar surface area (TPSA) is 17.1 Å². The maximum Gasteiger partial charge on any atom is 0 e. The molecular formula is HfOSnZn. The molecule has 0 aliphatic carbocycles. The van der Waals surface area contributed by atoms with E-state index in [0.717, 1.165) is 0 Å². The van der Waals surface area contributed by atoms with Crippen LogP contribution in [-0.2, 0) is 48.4 Å². The van der Waals surface area contributed by atoms with Crippen LogP contribution in [0.2, 0.25) is 0 Å². The van der Waals surface area contributed by atoms with Crippen molar-refractivity contribution in [1.29, 1.82) is 0 Å². The van der Waals surface area contributed by atoms with Gasteiger partial charge in [-0.2, -0.15) is 0 Å². The van der Waals surface area contributed by atoms with Crippen LogP contribution in [0.5, 0.6) is 0 Å². The van der Waals surface area contributed by atoms with Gasteiger partial charge < -0.3 is 0 Å². The van der Waals surface area contributed by atoms with Crippen LogP contribution in [0.15, 0.2) is 0 Å². The van der Waals surface area contributed by atoms with E-state index in [-0.39, 0.29) is 45.3 Å². The first-order valence-corrected chi connectivity index (χ1v) is 1.37. The summed E-state index contributed by atoms with van der Waals surface area (Å²) in [5, 5.41) is 0. The van der Waals surface area contributed by atoms with Crippen molar-refractivity contribution in [3.63, 3.8) is 0 Å². The van der Waals surface area contributed by atoms with Crippen LogP contribution >= 0.6 is 0 Å². The molecule has 0 saturated carbocycles. The van der Waals surface area contributed by atoms with Crippen LogP contribution in [-0.4, -0.2) is 22.5 Å². The number of rotatable bonds is 0. The summed E-state index contributed by atoms with van der Waals surface area (Å²) in [7, 11) is 0. The molecule has 0 atom stereocenters. The van der Waals surface area contributed by atoms with Gasteiger partial charge in [0.1, 0.15) is 0 Å². The summed E-state index contributed by atoms with van der Waals surface area (Å²) in [5.74, 6) is 0. The molecule has 0 bridgehead atoms. The Bertz CT molecular complexity index is 8.00. The third kappa shape index (κ3) is 8.94. The van der Waals surface area contributed by atoms with Gasteiger partial charge in [0.2, 0.25) is 0 Å². The Morgan fingerprint density at radius 2 is 1.25 bits per heavy atom. The van der Waals surface area contributed by atoms with Crippen molar-refractivity contribution in [1.82, 2.24) is 0 Å². The second-order valence-electron chi connectivity index (χ2n) is 0. The van der Waals surface area contributed by atoms with Crippen molar-refractivity contribution in [3.8, 4) is 0 Å². The minimum absolute atomic E-state index is 0. The van der Waals surface area contributed by atoms with E-state index in [1.807, 2.05) is 0 Å². The van der Waals surface area contributed by atoms with Crippen molar-refractivity contribution in [2.24, 2.45) is 0 Å². The summed E-state index contributed by atoms with van der Waals surface area (Å²) in [5.41, 5.74) is 0. The van der Waals surface area contributed by atoms with E-state index in [1.165, 1.54) is 0 Å². The summed E-state index contributed by atoms with van der Waals surface area (Å²) in [4.78, 5) is 0. The monoisotopic (exact) mass is 380 g/mol. The van der Waals surface area contributed by atoms with E-state index < -0.39 is 0 Å². The van der Waals surface area contributed by atoms with Gasteiger partial charge in [-0.05, 0) is 0 Å². The molecule has 0 aromatic heterocycles. The molecule has 0 aromatic rings. The van der Waals surface area contributed by atoms with Crippen LogP contribution in [0, 0.1) is 0 Å². The predicted molar refractivity (Wildman–Crippen MR) is 6.44 cm³/mol. The standard InChI is InChI=1S/Hf.O.Sn.Zn. The van der Waals surface area contributed by atoms with Crippen LogP contribution in [0.3, 0.4) is 0 Å². The largest absolute Gasteiger partial charge is 0 e. The van der Waals surface area contributed by atoms with Gasteiger partial charge in [0.05, 0.1) is 0 Å². The van der Waals surface area contributed by atoms with E-state index >= 15 is 0 Å². The molecule has 0 unspecified atom stereocenters. The molecule has 0 aromatic carbocycles. The molecule has 4 heavy (non-hydrogen) atoms. The van der Waals surface area contributed by atoms with Crippen LogP contribution in [0.1, 0.15) is 0 Å². The third-order valence-electron chi connectivity index (χ3n) is 0. The molecule has 16 valence electrons. The van der Waals surface area contributed by atoms with Gasteiger partial charge >= 0.3 is 25.6 Å². The molecule has 1 nitrogen and oxygen atoms in total. The Hall–Kier alpha value is 2.09. The summed E-state index contributed by atoms with van der Waals surface area (Å²) in [6.45, 7) is 0. The molecule has 2 radical (unpaired) electrons. The average Bonchev–Trinajstić information content (AvgIpc) is 1.00. The molecule has 0 heterocycles. The fourth-order valence-corrected chi connectivity index (χ4v) is 0. The quantitative estimate of drug-likeness (QED) is 0.519. The van der Waals surface area contributed by atoms with Crippen LogP contribution in [0.4, 0.5) is 0 Å². The minimum atomic E-state index is 0. The first-order chi connectivity index (χ1) is 1.00. The molecule has 4 heteroatoms. The van der Waals surface area contributed by atoms with E-state index in [9.17, 15) is 0 Å². The van der Waals surface area contributed by atoms with Gasteiger partial charge in [0.25, 0.3) is 0 Å². The van der Waals surface area contributed by atoms with Gasteiger partial charge in [0, 0.05) is 45.3 Å². The van der Waals surface area contributed by atoms with Crippen molar-refractivity contribution >= 4 is 22.5 Å². The summed E-state index contributed by atoms with van der Waals surface area (Å²) in [6, 6.07) is 0. The molecule has 0 rings (SSSR count). The Labute approximate surface area is 69.9 Å². The Morgan fingerprint density at radius 3 is 1.25 bits per heavy atom. The van der Waals surface area contributed by atoms with Gasteiger partial charge in [-0.1, -0.05) is 0 Å². The summed E-state index contributed by atoms with van der Waals surface area (Å²) < 4.78 is 8.34. The summed E-state index contributed by atoms with van der Waals surface area (Å²) >= 11 is 0.300. The SMILES string of the molecule is [Hf].[O]=[Sn].[Zn]. The zero-order valence-electron chi connectivity index (χ0n) is 2.12. The molecule has 0 fully saturated rings. The Balaban J connectivity index is -0.00000000500. The van der Waals surface area contributed by atoms with Crippen molar-refractivity contribution in [2.45, 2.75) is 0 Å². The van der Waals surface area contributed by atoms with Gasteiger partial charge in [-0.25, -0.2) is 0 Å². The molecule has 0 amide bonds. The average molecular weight is 379 g/mol. The number of hydrogen-bond donors (Lipinski definition) is 0. The fourth-order valence-electron chi connectivity index (χ4n) is 0. The van der Waals surface area contributed by atoms with E-state index in [1.54, 1.807) is 0 Å². The van der Waals surface area contributed by atoms with Gasteiger partial charge in [-0.15, -0.1) is 0 Å². The van der Waals surface area contributed by atoms with E-state index in [2.05, 4.69) is 0 Å². The molecular weight excluding hydrogens is 379 g/mol. The first kappa shape index (κ1) is 16.5. The second kappa shape index (κ2) is 19.5. The van der Waals surface area contributed by atoms with E-state index in [0.29, 0.717) is 22.5 Å². The fraction of sp³-hybridized carbons (Fsp3) is 0. The predicted octanol–water partition coefficient (Wildman–Crippen LogP) is -0.505. The molecule has 0 N–H and O–H groups in total. The van der Waals surface area contributed by atoms with Crippen LogP contribution in [0.25, 0.3) is 0 Å². The van der Waals surface area contributed by atoms with Crippen molar-refractivity contribution < 1.29 is 48.4 Å². The zero-order valence-corrected chi connectivity index (χ0v) is 11.5. The minimum Gasteiger partial charge on any atom is 0 e. The van der Waals surface area contributed by atoms with Gasteiger partial charge in [0.15, 0.2) is 0 Å². The maximum absolute atomic E-state index is 8.34. The normalized spacial score (nSPS) is 1.00. The second-order valence-corrected chi connectivity index (χ2v) is 0. The molecule has 0 aliphatic rings. The van der Waals surface area contributed by atoms with Crippen molar-refractivity contribution in [2.75, 3.05) is 0 Å². The molecule has 0 spiro atoms. The number of hydrogen-bond acceptors (Lipinski definition) is 1. The van der Waals surface area contributed by atoms with Crippen LogP contribution < -0.4 is 0 Å². The maximum atomic E-state index is 8.34. The van der Waals surface area contributed by atoms with Gasteiger partial charge in [-0.3, -0.25) is 0 Å². The Kier molecular flexibility index (Phi) is 80.5.